The first-order chi connectivity index (χ1) is 7.25. The van der Waals surface area contributed by atoms with Crippen LogP contribution in [-0.2, 0) is 0 Å². The normalized spacial score (nSPS) is 25.4. The Hall–Kier alpha value is -1.29. The molecule has 1 aliphatic rings. The summed E-state index contributed by atoms with van der Waals surface area (Å²) >= 11 is 6.08. The molecule has 2 aromatic heterocycles. The van der Waals surface area contributed by atoms with E-state index in [0.717, 1.165) is 24.2 Å². The van der Waals surface area contributed by atoms with Crippen molar-refractivity contribution < 1.29 is 4.42 Å². The maximum Gasteiger partial charge on any atom is 0.194 e. The van der Waals surface area contributed by atoms with Crippen LogP contribution in [0, 0.1) is 0 Å². The van der Waals surface area contributed by atoms with E-state index in [1.807, 2.05) is 0 Å². The van der Waals surface area contributed by atoms with Crippen molar-refractivity contribution in [3.63, 3.8) is 0 Å². The minimum atomic E-state index is 0.147. The topological polar surface area (TPSA) is 64.9 Å². The standard InChI is InChI=1S/C10H10ClN3O/c11-6-2-1-5(6)10-13-7-3-4-15-8(7)9(12)14-10/h3-6H,1-2H2,(H2,12,13,14). The van der Waals surface area contributed by atoms with Crippen LogP contribution in [0.5, 0.6) is 0 Å². The smallest absolute Gasteiger partial charge is 0.194 e. The van der Waals surface area contributed by atoms with Crippen LogP contribution in [0.3, 0.4) is 0 Å². The number of nitrogens with zero attached hydrogens (tertiary/aromatic N) is 2. The van der Waals surface area contributed by atoms with Crippen LogP contribution < -0.4 is 5.73 Å². The van der Waals surface area contributed by atoms with E-state index in [1.54, 1.807) is 12.3 Å². The Bertz CT molecular complexity index is 510. The van der Waals surface area contributed by atoms with Crippen LogP contribution in [-0.4, -0.2) is 15.3 Å². The van der Waals surface area contributed by atoms with Crippen LogP contribution in [0.25, 0.3) is 11.1 Å². The second-order valence-corrected chi connectivity index (χ2v) is 4.36. The second-order valence-electron chi connectivity index (χ2n) is 3.80. The van der Waals surface area contributed by atoms with Gasteiger partial charge in [-0.15, -0.1) is 11.6 Å². The molecular weight excluding hydrogens is 214 g/mol. The van der Waals surface area contributed by atoms with Gasteiger partial charge in [-0.05, 0) is 12.8 Å². The summed E-state index contributed by atoms with van der Waals surface area (Å²) in [7, 11) is 0. The summed E-state index contributed by atoms with van der Waals surface area (Å²) in [4.78, 5) is 8.63. The van der Waals surface area contributed by atoms with E-state index >= 15 is 0 Å². The van der Waals surface area contributed by atoms with Gasteiger partial charge >= 0.3 is 0 Å². The van der Waals surface area contributed by atoms with E-state index in [-0.39, 0.29) is 11.3 Å². The molecule has 0 spiro atoms. The van der Waals surface area contributed by atoms with E-state index in [2.05, 4.69) is 9.97 Å². The molecule has 1 fully saturated rings. The number of aromatic nitrogens is 2. The zero-order chi connectivity index (χ0) is 10.4. The Balaban J connectivity index is 2.11. The average molecular weight is 224 g/mol. The van der Waals surface area contributed by atoms with Gasteiger partial charge in [-0.25, -0.2) is 9.97 Å². The molecular formula is C10H10ClN3O. The summed E-state index contributed by atoms with van der Waals surface area (Å²) < 4.78 is 5.18. The summed E-state index contributed by atoms with van der Waals surface area (Å²) in [6.45, 7) is 0. The van der Waals surface area contributed by atoms with Gasteiger partial charge < -0.3 is 10.2 Å². The quantitative estimate of drug-likeness (QED) is 0.754. The monoisotopic (exact) mass is 223 g/mol. The lowest BCUT2D eigenvalue weighted by atomic mass is 9.84. The van der Waals surface area contributed by atoms with Crippen LogP contribution in [0.1, 0.15) is 24.6 Å². The van der Waals surface area contributed by atoms with Gasteiger partial charge in [0.1, 0.15) is 11.3 Å². The molecule has 2 aromatic rings. The van der Waals surface area contributed by atoms with E-state index < -0.39 is 0 Å². The molecule has 0 bridgehead atoms. The predicted molar refractivity (Wildman–Crippen MR) is 57.8 cm³/mol. The Morgan fingerprint density at radius 3 is 2.93 bits per heavy atom. The van der Waals surface area contributed by atoms with Gasteiger partial charge in [0.05, 0.1) is 6.26 Å². The Labute approximate surface area is 91.4 Å². The lowest BCUT2D eigenvalue weighted by molar-refractivity contribution is 0.412. The Kier molecular flexibility index (Phi) is 1.85. The molecule has 2 heterocycles. The third-order valence-corrected chi connectivity index (χ3v) is 3.39. The highest BCUT2D eigenvalue weighted by molar-refractivity contribution is 6.21. The maximum atomic E-state index is 6.08. The highest BCUT2D eigenvalue weighted by atomic mass is 35.5. The van der Waals surface area contributed by atoms with Crippen LogP contribution in [0.2, 0.25) is 0 Å². The fraction of sp³-hybridized carbons (Fsp3) is 0.400. The highest BCUT2D eigenvalue weighted by Crippen LogP contribution is 2.39. The lowest BCUT2D eigenvalue weighted by Crippen LogP contribution is -2.26. The van der Waals surface area contributed by atoms with Crippen molar-refractivity contribution >= 4 is 28.5 Å². The number of anilines is 1. The van der Waals surface area contributed by atoms with Crippen molar-refractivity contribution in [2.24, 2.45) is 0 Å². The van der Waals surface area contributed by atoms with Crippen molar-refractivity contribution in [3.8, 4) is 0 Å². The van der Waals surface area contributed by atoms with Crippen LogP contribution in [0.15, 0.2) is 16.7 Å². The van der Waals surface area contributed by atoms with Crippen LogP contribution in [0.4, 0.5) is 5.82 Å². The van der Waals surface area contributed by atoms with Gasteiger partial charge in [-0.2, -0.15) is 0 Å². The predicted octanol–water partition coefficient (Wildman–Crippen LogP) is 2.29. The van der Waals surface area contributed by atoms with Crippen molar-refractivity contribution in [3.05, 3.63) is 18.2 Å². The SMILES string of the molecule is Nc1nc(C2CCC2Cl)nc2ccoc12. The third-order valence-electron chi connectivity index (χ3n) is 2.87. The lowest BCUT2D eigenvalue weighted by Gasteiger charge is -2.30. The molecule has 2 N–H and O–H groups in total. The maximum absolute atomic E-state index is 6.08. The van der Waals surface area contributed by atoms with Gasteiger partial charge in [0.15, 0.2) is 11.4 Å². The first-order valence-corrected chi connectivity index (χ1v) is 5.34. The molecule has 0 aromatic carbocycles. The fourth-order valence-corrected chi connectivity index (χ4v) is 2.19. The molecule has 78 valence electrons. The molecule has 1 saturated carbocycles. The summed E-state index contributed by atoms with van der Waals surface area (Å²) in [5, 5.41) is 0.147. The van der Waals surface area contributed by atoms with Gasteiger partial charge in [0.2, 0.25) is 0 Å². The molecule has 0 radical (unpaired) electrons. The van der Waals surface area contributed by atoms with E-state index in [4.69, 9.17) is 21.8 Å². The van der Waals surface area contributed by atoms with Crippen molar-refractivity contribution in [1.29, 1.82) is 0 Å². The molecule has 2 atom stereocenters. The molecule has 5 heteroatoms. The number of alkyl halides is 1. The number of hydrogen-bond acceptors (Lipinski definition) is 4. The minimum absolute atomic E-state index is 0.147. The number of hydrogen-bond donors (Lipinski definition) is 1. The summed E-state index contributed by atoms with van der Waals surface area (Å²) in [6.07, 6.45) is 3.63. The first kappa shape index (κ1) is 8.97. The number of fused-ring (bicyclic) bond motifs is 1. The minimum Gasteiger partial charge on any atom is -0.459 e. The summed E-state index contributed by atoms with van der Waals surface area (Å²) in [6, 6.07) is 1.79. The summed E-state index contributed by atoms with van der Waals surface area (Å²) in [5.74, 6) is 1.39. The molecule has 1 aliphatic carbocycles. The Morgan fingerprint density at radius 1 is 1.40 bits per heavy atom. The third kappa shape index (κ3) is 1.28. The molecule has 3 rings (SSSR count). The van der Waals surface area contributed by atoms with E-state index in [0.29, 0.717) is 11.4 Å². The molecule has 15 heavy (non-hydrogen) atoms. The van der Waals surface area contributed by atoms with E-state index in [1.165, 1.54) is 0 Å². The molecule has 0 amide bonds. The zero-order valence-corrected chi connectivity index (χ0v) is 8.74. The number of nitrogen functional groups attached to an aromatic ring is 1. The van der Waals surface area contributed by atoms with Gasteiger partial charge in [-0.3, -0.25) is 0 Å². The van der Waals surface area contributed by atoms with Crippen LogP contribution >= 0.6 is 11.6 Å². The van der Waals surface area contributed by atoms with Gasteiger partial charge in [-0.1, -0.05) is 0 Å². The molecule has 0 saturated heterocycles. The zero-order valence-electron chi connectivity index (χ0n) is 7.98. The largest absolute Gasteiger partial charge is 0.459 e. The van der Waals surface area contributed by atoms with Gasteiger partial charge in [0.25, 0.3) is 0 Å². The molecule has 4 nitrogen and oxygen atoms in total. The summed E-state index contributed by atoms with van der Waals surface area (Å²) in [5.41, 5.74) is 7.09. The first-order valence-electron chi connectivity index (χ1n) is 4.90. The number of nitrogens with two attached hydrogens (primary N) is 1. The fourth-order valence-electron chi connectivity index (χ4n) is 1.82. The molecule has 2 unspecified atom stereocenters. The average Bonchev–Trinajstić information content (AvgIpc) is 2.64. The number of halogens is 1. The molecule has 0 aliphatic heterocycles. The second kappa shape index (κ2) is 3.10. The van der Waals surface area contributed by atoms with Crippen molar-refractivity contribution in [2.75, 3.05) is 5.73 Å². The van der Waals surface area contributed by atoms with E-state index in [9.17, 15) is 0 Å². The number of furan rings is 1. The Morgan fingerprint density at radius 2 is 2.27 bits per heavy atom. The number of rotatable bonds is 1. The highest BCUT2D eigenvalue weighted by Gasteiger charge is 2.33. The van der Waals surface area contributed by atoms with Crippen molar-refractivity contribution in [2.45, 2.75) is 24.1 Å². The van der Waals surface area contributed by atoms with Crippen molar-refractivity contribution in [1.82, 2.24) is 9.97 Å². The van der Waals surface area contributed by atoms with Gasteiger partial charge in [0, 0.05) is 17.4 Å².